The fourth-order valence-electron chi connectivity index (χ4n) is 1.16. The van der Waals surface area contributed by atoms with Gasteiger partial charge in [-0.25, -0.2) is 0 Å². The van der Waals surface area contributed by atoms with Gasteiger partial charge in [0.2, 0.25) is 0 Å². The second-order valence-electron chi connectivity index (χ2n) is 3.07. The Bertz CT molecular complexity index is 221. The Morgan fingerprint density at radius 1 is 1.00 bits per heavy atom. The standard InChI is InChI=1S/C12H18S2/c1-2-13-10-6-7-11-14-12-8-4-3-5-9-12/h3-5,8-9H,2,6-7,10-11H2,1H3. The van der Waals surface area contributed by atoms with Crippen molar-refractivity contribution in [3.05, 3.63) is 30.3 Å². The molecule has 0 aliphatic heterocycles. The molecule has 0 saturated heterocycles. The fraction of sp³-hybridized carbons (Fsp3) is 0.500. The van der Waals surface area contributed by atoms with Crippen molar-refractivity contribution in [2.24, 2.45) is 0 Å². The highest BCUT2D eigenvalue weighted by molar-refractivity contribution is 7.99. The zero-order valence-electron chi connectivity index (χ0n) is 8.74. The highest BCUT2D eigenvalue weighted by atomic mass is 32.2. The van der Waals surface area contributed by atoms with Crippen LogP contribution < -0.4 is 0 Å². The minimum atomic E-state index is 1.26. The normalized spacial score (nSPS) is 10.4. The van der Waals surface area contributed by atoms with Crippen molar-refractivity contribution in [2.45, 2.75) is 24.7 Å². The van der Waals surface area contributed by atoms with E-state index in [4.69, 9.17) is 0 Å². The van der Waals surface area contributed by atoms with Crippen LogP contribution in [0.3, 0.4) is 0 Å². The lowest BCUT2D eigenvalue weighted by molar-refractivity contribution is 0.907. The van der Waals surface area contributed by atoms with E-state index in [0.29, 0.717) is 0 Å². The van der Waals surface area contributed by atoms with E-state index in [2.05, 4.69) is 37.3 Å². The minimum Gasteiger partial charge on any atom is -0.162 e. The molecule has 0 heterocycles. The smallest absolute Gasteiger partial charge is 0.00719 e. The van der Waals surface area contributed by atoms with Crippen molar-refractivity contribution < 1.29 is 0 Å². The van der Waals surface area contributed by atoms with Crippen LogP contribution in [0.1, 0.15) is 19.8 Å². The number of benzene rings is 1. The lowest BCUT2D eigenvalue weighted by atomic mass is 10.4. The number of hydrogen-bond donors (Lipinski definition) is 0. The van der Waals surface area contributed by atoms with E-state index in [1.807, 2.05) is 23.5 Å². The van der Waals surface area contributed by atoms with E-state index < -0.39 is 0 Å². The first-order chi connectivity index (χ1) is 6.93. The predicted octanol–water partition coefficient (Wildman–Crippen LogP) is 4.31. The van der Waals surface area contributed by atoms with E-state index in [9.17, 15) is 0 Å². The van der Waals surface area contributed by atoms with Crippen LogP contribution >= 0.6 is 23.5 Å². The molecule has 1 aromatic rings. The Kier molecular flexibility index (Phi) is 7.06. The highest BCUT2D eigenvalue weighted by Crippen LogP contribution is 2.18. The maximum Gasteiger partial charge on any atom is 0.00719 e. The summed E-state index contributed by atoms with van der Waals surface area (Å²) < 4.78 is 0. The van der Waals surface area contributed by atoms with E-state index >= 15 is 0 Å². The Morgan fingerprint density at radius 2 is 1.71 bits per heavy atom. The molecule has 78 valence electrons. The van der Waals surface area contributed by atoms with E-state index in [-0.39, 0.29) is 0 Å². The Balaban J connectivity index is 1.99. The average Bonchev–Trinajstić information content (AvgIpc) is 2.25. The molecule has 0 N–H and O–H groups in total. The summed E-state index contributed by atoms with van der Waals surface area (Å²) in [6.07, 6.45) is 2.70. The molecule has 0 aliphatic carbocycles. The number of rotatable bonds is 7. The second-order valence-corrected chi connectivity index (χ2v) is 5.63. The molecule has 0 unspecified atom stereocenters. The van der Waals surface area contributed by atoms with Crippen molar-refractivity contribution in [2.75, 3.05) is 17.3 Å². The van der Waals surface area contributed by atoms with Crippen LogP contribution in [0.4, 0.5) is 0 Å². The molecule has 0 nitrogen and oxygen atoms in total. The summed E-state index contributed by atoms with van der Waals surface area (Å²) in [7, 11) is 0. The molecule has 0 aliphatic rings. The molecule has 0 bridgehead atoms. The maximum absolute atomic E-state index is 2.23. The van der Waals surface area contributed by atoms with Crippen LogP contribution in [-0.4, -0.2) is 17.3 Å². The second kappa shape index (κ2) is 8.25. The molecular formula is C12H18S2. The molecule has 2 heteroatoms. The van der Waals surface area contributed by atoms with Crippen LogP contribution in [0.5, 0.6) is 0 Å². The van der Waals surface area contributed by atoms with Gasteiger partial charge in [0.05, 0.1) is 0 Å². The Labute approximate surface area is 95.9 Å². The van der Waals surface area contributed by atoms with Crippen LogP contribution in [0.15, 0.2) is 35.2 Å². The minimum absolute atomic E-state index is 1.26. The summed E-state index contributed by atoms with van der Waals surface area (Å²) in [4.78, 5) is 1.40. The van der Waals surface area contributed by atoms with E-state index in [0.717, 1.165) is 0 Å². The molecule has 14 heavy (non-hydrogen) atoms. The average molecular weight is 226 g/mol. The van der Waals surface area contributed by atoms with Gasteiger partial charge in [0.15, 0.2) is 0 Å². The molecule has 1 rings (SSSR count). The quantitative estimate of drug-likeness (QED) is 0.502. The molecule has 0 radical (unpaired) electrons. The third-order valence-electron chi connectivity index (χ3n) is 1.90. The SMILES string of the molecule is CCSCCCCSc1ccccc1. The van der Waals surface area contributed by atoms with Gasteiger partial charge in [-0.15, -0.1) is 11.8 Å². The third kappa shape index (κ3) is 5.61. The lowest BCUT2D eigenvalue weighted by Crippen LogP contribution is -1.84. The molecule has 1 aromatic carbocycles. The van der Waals surface area contributed by atoms with Gasteiger partial charge in [-0.3, -0.25) is 0 Å². The van der Waals surface area contributed by atoms with Crippen LogP contribution in [-0.2, 0) is 0 Å². The van der Waals surface area contributed by atoms with Crippen molar-refractivity contribution in [3.8, 4) is 0 Å². The van der Waals surface area contributed by atoms with Gasteiger partial charge in [0.25, 0.3) is 0 Å². The summed E-state index contributed by atoms with van der Waals surface area (Å²) in [5.41, 5.74) is 0. The Morgan fingerprint density at radius 3 is 2.43 bits per heavy atom. The van der Waals surface area contributed by atoms with Gasteiger partial charge in [0, 0.05) is 4.90 Å². The monoisotopic (exact) mass is 226 g/mol. The molecular weight excluding hydrogens is 208 g/mol. The lowest BCUT2D eigenvalue weighted by Gasteiger charge is -2.01. The highest BCUT2D eigenvalue weighted by Gasteiger charge is 1.92. The third-order valence-corrected chi connectivity index (χ3v) is 3.98. The maximum atomic E-state index is 2.23. The molecule has 0 fully saturated rings. The molecule has 0 spiro atoms. The van der Waals surface area contributed by atoms with E-state index in [1.165, 1.54) is 35.0 Å². The van der Waals surface area contributed by atoms with Gasteiger partial charge >= 0.3 is 0 Å². The first-order valence-electron chi connectivity index (χ1n) is 5.19. The largest absolute Gasteiger partial charge is 0.162 e. The zero-order valence-corrected chi connectivity index (χ0v) is 10.4. The van der Waals surface area contributed by atoms with Crippen molar-refractivity contribution in [1.82, 2.24) is 0 Å². The first-order valence-corrected chi connectivity index (χ1v) is 7.33. The zero-order chi connectivity index (χ0) is 10.1. The first kappa shape index (κ1) is 12.0. The summed E-state index contributed by atoms with van der Waals surface area (Å²) in [5.74, 6) is 3.84. The topological polar surface area (TPSA) is 0 Å². The fourth-order valence-corrected chi connectivity index (χ4v) is 2.79. The summed E-state index contributed by atoms with van der Waals surface area (Å²) >= 11 is 4.01. The number of thioether (sulfide) groups is 2. The summed E-state index contributed by atoms with van der Waals surface area (Å²) in [5, 5.41) is 0. The molecule has 0 atom stereocenters. The van der Waals surface area contributed by atoms with Crippen molar-refractivity contribution in [3.63, 3.8) is 0 Å². The summed E-state index contributed by atoms with van der Waals surface area (Å²) in [6.45, 7) is 2.23. The number of unbranched alkanes of at least 4 members (excludes halogenated alkanes) is 1. The van der Waals surface area contributed by atoms with Gasteiger partial charge in [-0.1, -0.05) is 25.1 Å². The van der Waals surface area contributed by atoms with Crippen molar-refractivity contribution >= 4 is 23.5 Å². The van der Waals surface area contributed by atoms with Gasteiger partial charge in [-0.2, -0.15) is 11.8 Å². The van der Waals surface area contributed by atoms with Crippen molar-refractivity contribution in [1.29, 1.82) is 0 Å². The Hall–Kier alpha value is -0.0800. The van der Waals surface area contributed by atoms with Crippen LogP contribution in [0.25, 0.3) is 0 Å². The van der Waals surface area contributed by atoms with Gasteiger partial charge < -0.3 is 0 Å². The van der Waals surface area contributed by atoms with Crippen LogP contribution in [0, 0.1) is 0 Å². The van der Waals surface area contributed by atoms with Gasteiger partial charge in [0.1, 0.15) is 0 Å². The van der Waals surface area contributed by atoms with Gasteiger partial charge in [-0.05, 0) is 42.2 Å². The van der Waals surface area contributed by atoms with E-state index in [1.54, 1.807) is 0 Å². The summed E-state index contributed by atoms with van der Waals surface area (Å²) in [6, 6.07) is 10.7. The predicted molar refractivity (Wildman–Crippen MR) is 69.4 cm³/mol. The number of hydrogen-bond acceptors (Lipinski definition) is 2. The molecule has 0 amide bonds. The molecule has 0 saturated carbocycles. The molecule has 0 aromatic heterocycles. The van der Waals surface area contributed by atoms with Crippen LogP contribution in [0.2, 0.25) is 0 Å².